The fraction of sp³-hybridized carbons (Fsp3) is 0.167. The second kappa shape index (κ2) is 6.85. The molecule has 0 saturated heterocycles. The van der Waals surface area contributed by atoms with Gasteiger partial charge in [-0.1, -0.05) is 0 Å². The molecule has 0 heterocycles. The smallest absolute Gasteiger partial charge is 0.327 e. The van der Waals surface area contributed by atoms with Crippen LogP contribution in [0.4, 0.5) is 20.6 Å². The number of carbonyl (C=O) groups excluding carboxylic acids is 1. The van der Waals surface area contributed by atoms with Crippen LogP contribution in [0.15, 0.2) is 18.2 Å². The normalized spacial score (nSPS) is 11.0. The van der Waals surface area contributed by atoms with E-state index >= 15 is 0 Å². The Kier molecular flexibility index (Phi) is 5.19. The average Bonchev–Trinajstić information content (AvgIpc) is 2.37. The molecule has 1 aromatic carbocycles. The minimum atomic E-state index is -1.32. The third-order valence-corrected chi connectivity index (χ3v) is 2.33. The lowest BCUT2D eigenvalue weighted by molar-refractivity contribution is -0.387. The Morgan fingerprint density at radius 2 is 2.19 bits per heavy atom. The van der Waals surface area contributed by atoms with Gasteiger partial charge in [-0.25, -0.2) is 9.59 Å². The third kappa shape index (κ3) is 4.46. The molecule has 0 aromatic heterocycles. The summed E-state index contributed by atoms with van der Waals surface area (Å²) in [7, 11) is 0. The van der Waals surface area contributed by atoms with Crippen LogP contribution in [0, 0.1) is 28.3 Å². The van der Waals surface area contributed by atoms with Crippen molar-refractivity contribution in [3.63, 3.8) is 0 Å². The molecule has 1 aromatic rings. The van der Waals surface area contributed by atoms with Crippen molar-refractivity contribution < 1.29 is 24.0 Å². The highest BCUT2D eigenvalue weighted by Crippen LogP contribution is 2.20. The molecule has 21 heavy (non-hydrogen) atoms. The van der Waals surface area contributed by atoms with Gasteiger partial charge in [0.2, 0.25) is 5.82 Å². The maximum atomic E-state index is 13.3. The van der Waals surface area contributed by atoms with Gasteiger partial charge < -0.3 is 15.7 Å². The molecule has 0 aliphatic carbocycles. The topological polar surface area (TPSA) is 122 Å². The van der Waals surface area contributed by atoms with Gasteiger partial charge in [0, 0.05) is 24.2 Å². The molecule has 1 unspecified atom stereocenters. The molecule has 110 valence electrons. The molecule has 0 bridgehead atoms. The first-order chi connectivity index (χ1) is 9.85. The van der Waals surface area contributed by atoms with E-state index in [1.165, 1.54) is 0 Å². The van der Waals surface area contributed by atoms with Crippen molar-refractivity contribution in [2.75, 3.05) is 5.32 Å². The molecule has 0 aliphatic heterocycles. The molecule has 1 atom stereocenters. The Labute approximate surface area is 118 Å². The highest BCUT2D eigenvalue weighted by molar-refractivity contribution is 5.92. The Bertz CT molecular complexity index is 626. The van der Waals surface area contributed by atoms with Crippen molar-refractivity contribution in [2.45, 2.75) is 12.5 Å². The number of rotatable bonds is 5. The first-order valence-electron chi connectivity index (χ1n) is 5.53. The van der Waals surface area contributed by atoms with Crippen LogP contribution >= 0.6 is 0 Å². The number of carbonyl (C=O) groups is 2. The number of aliphatic carboxylic acids is 1. The number of hydrogen-bond acceptors (Lipinski definition) is 4. The lowest BCUT2D eigenvalue weighted by Gasteiger charge is -2.12. The lowest BCUT2D eigenvalue weighted by atomic mass is 10.2. The lowest BCUT2D eigenvalue weighted by Crippen LogP contribution is -2.42. The summed E-state index contributed by atoms with van der Waals surface area (Å²) in [4.78, 5) is 31.8. The summed E-state index contributed by atoms with van der Waals surface area (Å²) in [6, 6.07) is 0.511. The number of carboxylic acids is 1. The van der Waals surface area contributed by atoms with E-state index in [2.05, 4.69) is 16.6 Å². The molecule has 3 N–H and O–H groups in total. The van der Waals surface area contributed by atoms with E-state index < -0.39 is 34.5 Å². The van der Waals surface area contributed by atoms with E-state index in [0.29, 0.717) is 0 Å². The summed E-state index contributed by atoms with van der Waals surface area (Å²) < 4.78 is 13.3. The quantitative estimate of drug-likeness (QED) is 0.430. The number of benzene rings is 1. The number of nitrogens with zero attached hydrogens (tertiary/aromatic N) is 1. The monoisotopic (exact) mass is 295 g/mol. The predicted octanol–water partition coefficient (Wildman–Crippen LogP) is 1.33. The Morgan fingerprint density at radius 3 is 2.67 bits per heavy atom. The van der Waals surface area contributed by atoms with E-state index in [1.54, 1.807) is 0 Å². The first kappa shape index (κ1) is 15.9. The van der Waals surface area contributed by atoms with Gasteiger partial charge in [-0.05, 0) is 6.07 Å². The number of halogens is 1. The van der Waals surface area contributed by atoms with Crippen LogP contribution in [0.25, 0.3) is 0 Å². The summed E-state index contributed by atoms with van der Waals surface area (Å²) in [5.41, 5.74) is -0.808. The van der Waals surface area contributed by atoms with Gasteiger partial charge >= 0.3 is 17.7 Å². The van der Waals surface area contributed by atoms with Gasteiger partial charge in [0.1, 0.15) is 6.04 Å². The largest absolute Gasteiger partial charge is 0.480 e. The summed E-state index contributed by atoms with van der Waals surface area (Å²) in [6.45, 7) is 0. The van der Waals surface area contributed by atoms with Crippen LogP contribution in [0.5, 0.6) is 0 Å². The minimum Gasteiger partial charge on any atom is -0.480 e. The molecule has 0 aliphatic rings. The highest BCUT2D eigenvalue weighted by Gasteiger charge is 2.19. The molecule has 1 rings (SSSR count). The Morgan fingerprint density at radius 1 is 1.52 bits per heavy atom. The molecule has 0 radical (unpaired) electrons. The third-order valence-electron chi connectivity index (χ3n) is 2.33. The highest BCUT2D eigenvalue weighted by atomic mass is 19.1. The molecule has 0 spiro atoms. The number of terminal acetylenes is 1. The van der Waals surface area contributed by atoms with Crippen molar-refractivity contribution in [1.82, 2.24) is 5.32 Å². The number of nitrogens with one attached hydrogen (secondary N) is 2. The fourth-order valence-electron chi connectivity index (χ4n) is 1.38. The second-order valence-electron chi connectivity index (χ2n) is 3.82. The molecule has 2 amide bonds. The van der Waals surface area contributed by atoms with Crippen LogP contribution in [-0.2, 0) is 4.79 Å². The van der Waals surface area contributed by atoms with Gasteiger partial charge in [0.25, 0.3) is 0 Å². The van der Waals surface area contributed by atoms with Crippen LogP contribution in [0.3, 0.4) is 0 Å². The Hall–Kier alpha value is -3.15. The van der Waals surface area contributed by atoms with Gasteiger partial charge in [-0.2, -0.15) is 4.39 Å². The minimum absolute atomic E-state index is 0.0690. The number of anilines is 1. The zero-order valence-electron chi connectivity index (χ0n) is 10.5. The van der Waals surface area contributed by atoms with Crippen molar-refractivity contribution in [1.29, 1.82) is 0 Å². The molecule has 8 nitrogen and oxygen atoms in total. The zero-order chi connectivity index (χ0) is 16.0. The van der Waals surface area contributed by atoms with Gasteiger partial charge in [-0.15, -0.1) is 12.3 Å². The van der Waals surface area contributed by atoms with Gasteiger partial charge in [0.15, 0.2) is 0 Å². The number of amides is 2. The van der Waals surface area contributed by atoms with Crippen molar-refractivity contribution in [3.8, 4) is 12.3 Å². The van der Waals surface area contributed by atoms with Gasteiger partial charge in [0.05, 0.1) is 4.92 Å². The van der Waals surface area contributed by atoms with E-state index in [4.69, 9.17) is 11.5 Å². The standard InChI is InChI=1S/C12H10FN3O5/c1-2-3-9(11(17)18)15-12(19)14-7-4-5-10(16(20)21)8(13)6-7/h1,4-6,9H,3H2,(H,17,18)(H2,14,15,19). The number of hydrogen-bond donors (Lipinski definition) is 3. The molecular formula is C12H10FN3O5. The van der Waals surface area contributed by atoms with Gasteiger partial charge in [-0.3, -0.25) is 10.1 Å². The summed E-state index contributed by atoms with van der Waals surface area (Å²) in [6.07, 6.45) is 4.74. The number of nitro groups is 1. The Balaban J connectivity index is 2.75. The van der Waals surface area contributed by atoms with E-state index in [0.717, 1.165) is 18.2 Å². The maximum Gasteiger partial charge on any atom is 0.327 e. The zero-order valence-corrected chi connectivity index (χ0v) is 10.5. The first-order valence-corrected chi connectivity index (χ1v) is 5.53. The summed E-state index contributed by atoms with van der Waals surface area (Å²) in [5.74, 6) is -0.361. The maximum absolute atomic E-state index is 13.3. The molecule has 0 saturated carbocycles. The fourth-order valence-corrected chi connectivity index (χ4v) is 1.38. The summed E-state index contributed by atoms with van der Waals surface area (Å²) in [5, 5.41) is 23.4. The predicted molar refractivity (Wildman–Crippen MR) is 70.1 cm³/mol. The number of carboxylic acid groups (broad SMARTS) is 1. The van der Waals surface area contributed by atoms with Crippen LogP contribution < -0.4 is 10.6 Å². The number of nitro benzene ring substituents is 1. The molecule has 0 fully saturated rings. The second-order valence-corrected chi connectivity index (χ2v) is 3.82. The SMILES string of the molecule is C#CCC(NC(=O)Nc1ccc([N+](=O)[O-])c(F)c1)C(=O)O. The molecular weight excluding hydrogens is 285 g/mol. The van der Waals surface area contributed by atoms with Crippen LogP contribution in [0.1, 0.15) is 6.42 Å². The molecule has 9 heteroatoms. The van der Waals surface area contributed by atoms with Crippen LogP contribution in [0.2, 0.25) is 0 Å². The van der Waals surface area contributed by atoms with Crippen LogP contribution in [-0.4, -0.2) is 28.1 Å². The van der Waals surface area contributed by atoms with E-state index in [1.807, 2.05) is 0 Å². The van der Waals surface area contributed by atoms with Crippen molar-refractivity contribution in [2.24, 2.45) is 0 Å². The van der Waals surface area contributed by atoms with E-state index in [-0.39, 0.29) is 12.1 Å². The van der Waals surface area contributed by atoms with Crippen molar-refractivity contribution in [3.05, 3.63) is 34.1 Å². The van der Waals surface area contributed by atoms with Crippen molar-refractivity contribution >= 4 is 23.4 Å². The van der Waals surface area contributed by atoms with E-state index in [9.17, 15) is 24.1 Å². The average molecular weight is 295 g/mol. The number of urea groups is 1. The summed E-state index contributed by atoms with van der Waals surface area (Å²) >= 11 is 0.